The molecule has 1 N–H and O–H groups in total. The Balaban J connectivity index is 2.15. The van der Waals surface area contributed by atoms with Crippen molar-refractivity contribution in [2.75, 3.05) is 6.54 Å². The summed E-state index contributed by atoms with van der Waals surface area (Å²) in [4.78, 5) is 0. The van der Waals surface area contributed by atoms with Gasteiger partial charge in [-0.05, 0) is 50.7 Å². The summed E-state index contributed by atoms with van der Waals surface area (Å²) in [6, 6.07) is 7.55. The molecule has 1 fully saturated rings. The Labute approximate surface area is 92.9 Å². The first kappa shape index (κ1) is 10.7. The van der Waals surface area contributed by atoms with Crippen molar-refractivity contribution in [3.8, 4) is 0 Å². The second kappa shape index (κ2) is 4.36. The van der Waals surface area contributed by atoms with E-state index in [-0.39, 0.29) is 0 Å². The highest BCUT2D eigenvalue weighted by molar-refractivity contribution is 5.33. The van der Waals surface area contributed by atoms with Gasteiger partial charge in [0, 0.05) is 12.6 Å². The SMILES string of the molecule is Cc1ccc(C2CCC(C)NC2)c(C)c1. The Morgan fingerprint density at radius 3 is 2.60 bits per heavy atom. The summed E-state index contributed by atoms with van der Waals surface area (Å²) in [7, 11) is 0. The number of piperidine rings is 1. The van der Waals surface area contributed by atoms with Crippen LogP contribution in [0.1, 0.15) is 42.4 Å². The van der Waals surface area contributed by atoms with Crippen molar-refractivity contribution in [2.24, 2.45) is 0 Å². The normalized spacial score (nSPS) is 26.6. The Kier molecular flexibility index (Phi) is 3.11. The molecule has 82 valence electrons. The van der Waals surface area contributed by atoms with Crippen LogP contribution in [-0.2, 0) is 0 Å². The molecule has 1 aliphatic rings. The van der Waals surface area contributed by atoms with Crippen molar-refractivity contribution in [3.63, 3.8) is 0 Å². The number of hydrogen-bond acceptors (Lipinski definition) is 1. The lowest BCUT2D eigenvalue weighted by atomic mass is 9.86. The maximum absolute atomic E-state index is 3.57. The van der Waals surface area contributed by atoms with E-state index in [9.17, 15) is 0 Å². The van der Waals surface area contributed by atoms with Gasteiger partial charge in [0.05, 0.1) is 0 Å². The zero-order valence-electron chi connectivity index (χ0n) is 10.0. The molecule has 1 heteroatoms. The molecule has 1 nitrogen and oxygen atoms in total. The molecule has 0 radical (unpaired) electrons. The molecule has 0 bridgehead atoms. The lowest BCUT2D eigenvalue weighted by Gasteiger charge is -2.29. The predicted molar refractivity (Wildman–Crippen MR) is 65.4 cm³/mol. The Hall–Kier alpha value is -0.820. The van der Waals surface area contributed by atoms with Crippen LogP contribution in [0.25, 0.3) is 0 Å². The average molecular weight is 203 g/mol. The Morgan fingerprint density at radius 2 is 2.00 bits per heavy atom. The van der Waals surface area contributed by atoms with E-state index in [4.69, 9.17) is 0 Å². The standard InChI is InChI=1S/C14H21N/c1-10-4-7-14(11(2)8-10)13-6-5-12(3)15-9-13/h4,7-8,12-13,15H,5-6,9H2,1-3H3. The maximum atomic E-state index is 3.57. The summed E-state index contributed by atoms with van der Waals surface area (Å²) in [6.45, 7) is 7.82. The molecule has 1 aromatic rings. The summed E-state index contributed by atoms with van der Waals surface area (Å²) in [6.07, 6.45) is 2.63. The molecular formula is C14H21N. The van der Waals surface area contributed by atoms with Gasteiger partial charge in [-0.2, -0.15) is 0 Å². The number of rotatable bonds is 1. The van der Waals surface area contributed by atoms with Crippen molar-refractivity contribution in [2.45, 2.75) is 45.6 Å². The van der Waals surface area contributed by atoms with Crippen LogP contribution in [0, 0.1) is 13.8 Å². The van der Waals surface area contributed by atoms with Crippen molar-refractivity contribution in [1.29, 1.82) is 0 Å². The Morgan fingerprint density at radius 1 is 1.20 bits per heavy atom. The quantitative estimate of drug-likeness (QED) is 0.739. The first-order valence-electron chi connectivity index (χ1n) is 5.97. The average Bonchev–Trinajstić information content (AvgIpc) is 2.20. The van der Waals surface area contributed by atoms with Crippen molar-refractivity contribution >= 4 is 0 Å². The van der Waals surface area contributed by atoms with Gasteiger partial charge in [-0.15, -0.1) is 0 Å². The minimum Gasteiger partial charge on any atom is -0.314 e. The van der Waals surface area contributed by atoms with Gasteiger partial charge in [0.2, 0.25) is 0 Å². The summed E-state index contributed by atoms with van der Waals surface area (Å²) >= 11 is 0. The van der Waals surface area contributed by atoms with E-state index >= 15 is 0 Å². The van der Waals surface area contributed by atoms with Crippen LogP contribution in [0.5, 0.6) is 0 Å². The molecular weight excluding hydrogens is 182 g/mol. The van der Waals surface area contributed by atoms with Crippen LogP contribution < -0.4 is 5.32 Å². The van der Waals surface area contributed by atoms with E-state index in [0.717, 1.165) is 12.5 Å². The largest absolute Gasteiger partial charge is 0.314 e. The molecule has 1 heterocycles. The minimum absolute atomic E-state index is 0.701. The first-order valence-corrected chi connectivity index (χ1v) is 5.97. The molecule has 2 unspecified atom stereocenters. The fourth-order valence-corrected chi connectivity index (χ4v) is 2.55. The smallest absolute Gasteiger partial charge is 0.00391 e. The van der Waals surface area contributed by atoms with Crippen molar-refractivity contribution < 1.29 is 0 Å². The van der Waals surface area contributed by atoms with Gasteiger partial charge in [-0.1, -0.05) is 23.8 Å². The van der Waals surface area contributed by atoms with E-state index in [0.29, 0.717) is 6.04 Å². The number of benzene rings is 1. The molecule has 2 rings (SSSR count). The summed E-state index contributed by atoms with van der Waals surface area (Å²) in [5.41, 5.74) is 4.37. The van der Waals surface area contributed by atoms with Crippen LogP contribution in [-0.4, -0.2) is 12.6 Å². The van der Waals surface area contributed by atoms with E-state index in [1.165, 1.54) is 24.0 Å². The zero-order chi connectivity index (χ0) is 10.8. The summed E-state index contributed by atoms with van der Waals surface area (Å²) in [5.74, 6) is 0.724. The second-order valence-electron chi connectivity index (χ2n) is 4.94. The molecule has 0 aromatic heterocycles. The van der Waals surface area contributed by atoms with Gasteiger partial charge in [0.25, 0.3) is 0 Å². The van der Waals surface area contributed by atoms with Crippen molar-refractivity contribution in [3.05, 3.63) is 34.9 Å². The number of aryl methyl sites for hydroxylation is 2. The lowest BCUT2D eigenvalue weighted by Crippen LogP contribution is -2.35. The second-order valence-corrected chi connectivity index (χ2v) is 4.94. The van der Waals surface area contributed by atoms with Gasteiger partial charge >= 0.3 is 0 Å². The van der Waals surface area contributed by atoms with E-state index in [1.54, 1.807) is 5.56 Å². The molecule has 1 aliphatic heterocycles. The maximum Gasteiger partial charge on any atom is 0.00391 e. The summed E-state index contributed by atoms with van der Waals surface area (Å²) in [5, 5.41) is 3.57. The third-order valence-corrected chi connectivity index (χ3v) is 3.53. The number of hydrogen-bond donors (Lipinski definition) is 1. The van der Waals surface area contributed by atoms with Crippen LogP contribution in [0.3, 0.4) is 0 Å². The molecule has 0 spiro atoms. The van der Waals surface area contributed by atoms with Gasteiger partial charge in [0.1, 0.15) is 0 Å². The fraction of sp³-hybridized carbons (Fsp3) is 0.571. The van der Waals surface area contributed by atoms with Gasteiger partial charge in [-0.3, -0.25) is 0 Å². The van der Waals surface area contributed by atoms with E-state index in [2.05, 4.69) is 44.3 Å². The van der Waals surface area contributed by atoms with E-state index < -0.39 is 0 Å². The number of nitrogens with one attached hydrogen (secondary N) is 1. The summed E-state index contributed by atoms with van der Waals surface area (Å²) < 4.78 is 0. The zero-order valence-corrected chi connectivity index (χ0v) is 10.0. The third kappa shape index (κ3) is 2.40. The predicted octanol–water partition coefficient (Wildman–Crippen LogP) is 3.16. The minimum atomic E-state index is 0.701. The molecule has 0 amide bonds. The van der Waals surface area contributed by atoms with Gasteiger partial charge < -0.3 is 5.32 Å². The van der Waals surface area contributed by atoms with Crippen LogP contribution in [0.4, 0.5) is 0 Å². The molecule has 0 aliphatic carbocycles. The Bertz CT molecular complexity index is 335. The molecule has 15 heavy (non-hydrogen) atoms. The van der Waals surface area contributed by atoms with Crippen LogP contribution in [0.2, 0.25) is 0 Å². The monoisotopic (exact) mass is 203 g/mol. The lowest BCUT2D eigenvalue weighted by molar-refractivity contribution is 0.384. The molecule has 2 atom stereocenters. The van der Waals surface area contributed by atoms with Gasteiger partial charge in [-0.25, -0.2) is 0 Å². The van der Waals surface area contributed by atoms with Crippen LogP contribution in [0.15, 0.2) is 18.2 Å². The first-order chi connectivity index (χ1) is 7.16. The molecule has 1 aromatic carbocycles. The van der Waals surface area contributed by atoms with E-state index in [1.807, 2.05) is 0 Å². The van der Waals surface area contributed by atoms with Crippen molar-refractivity contribution in [1.82, 2.24) is 5.32 Å². The van der Waals surface area contributed by atoms with Crippen LogP contribution >= 0.6 is 0 Å². The highest BCUT2D eigenvalue weighted by Crippen LogP contribution is 2.27. The topological polar surface area (TPSA) is 12.0 Å². The molecule has 0 saturated carbocycles. The highest BCUT2D eigenvalue weighted by atomic mass is 14.9. The third-order valence-electron chi connectivity index (χ3n) is 3.53. The van der Waals surface area contributed by atoms with Gasteiger partial charge in [0.15, 0.2) is 0 Å². The molecule has 1 saturated heterocycles. The fourth-order valence-electron chi connectivity index (χ4n) is 2.55. The highest BCUT2D eigenvalue weighted by Gasteiger charge is 2.19.